The molecule has 2 aromatic rings. The van der Waals surface area contributed by atoms with Gasteiger partial charge >= 0.3 is 0 Å². The summed E-state index contributed by atoms with van der Waals surface area (Å²) in [6.07, 6.45) is -0.744. The molecule has 114 valence electrons. The van der Waals surface area contributed by atoms with Gasteiger partial charge in [-0.2, -0.15) is 5.10 Å². The molecule has 0 saturated carbocycles. The number of rotatable bonds is 6. The van der Waals surface area contributed by atoms with E-state index in [1.807, 2.05) is 52.1 Å². The molecule has 0 saturated heterocycles. The summed E-state index contributed by atoms with van der Waals surface area (Å²) < 4.78 is 12.8. The highest BCUT2D eigenvalue weighted by Gasteiger charge is 2.17. The van der Waals surface area contributed by atoms with Gasteiger partial charge in [0.05, 0.1) is 24.6 Å². The normalized spacial score (nSPS) is 12.2. The lowest BCUT2D eigenvalue weighted by Gasteiger charge is -2.15. The first-order chi connectivity index (χ1) is 10.1. The van der Waals surface area contributed by atoms with Gasteiger partial charge in [0.15, 0.2) is 11.5 Å². The molecule has 5 heteroatoms. The van der Waals surface area contributed by atoms with E-state index in [9.17, 15) is 5.11 Å². The molecule has 2 rings (SSSR count). The number of aliphatic hydroxyl groups is 1. The topological polar surface area (TPSA) is 56.5 Å². The zero-order valence-electron chi connectivity index (χ0n) is 13.0. The molecule has 0 amide bonds. The van der Waals surface area contributed by atoms with Gasteiger partial charge in [-0.3, -0.25) is 4.68 Å². The molecule has 1 heterocycles. The molecule has 0 aliphatic rings. The average molecular weight is 290 g/mol. The van der Waals surface area contributed by atoms with Crippen LogP contribution in [0.25, 0.3) is 0 Å². The zero-order chi connectivity index (χ0) is 15.4. The van der Waals surface area contributed by atoms with E-state index >= 15 is 0 Å². The number of hydrogen-bond donors (Lipinski definition) is 1. The summed E-state index contributed by atoms with van der Waals surface area (Å²) in [5, 5.41) is 14.8. The molecule has 0 radical (unpaired) electrons. The fourth-order valence-corrected chi connectivity index (χ4v) is 2.30. The molecule has 1 aromatic heterocycles. The van der Waals surface area contributed by atoms with Gasteiger partial charge in [0.1, 0.15) is 6.10 Å². The summed E-state index contributed by atoms with van der Waals surface area (Å²) in [5.74, 6) is 1.34. The van der Waals surface area contributed by atoms with Crippen LogP contribution < -0.4 is 9.47 Å². The lowest BCUT2D eigenvalue weighted by atomic mass is 10.1. The minimum Gasteiger partial charge on any atom is -0.490 e. The van der Waals surface area contributed by atoms with Gasteiger partial charge in [0.2, 0.25) is 0 Å². The zero-order valence-corrected chi connectivity index (χ0v) is 13.0. The van der Waals surface area contributed by atoms with Crippen LogP contribution in [0.5, 0.6) is 11.5 Å². The number of ether oxygens (including phenoxy) is 2. The maximum atomic E-state index is 10.5. The monoisotopic (exact) mass is 290 g/mol. The number of hydrogen-bond acceptors (Lipinski definition) is 4. The van der Waals surface area contributed by atoms with Gasteiger partial charge in [-0.05, 0) is 44.5 Å². The Hall–Kier alpha value is -2.01. The molecule has 5 nitrogen and oxygen atoms in total. The van der Waals surface area contributed by atoms with Crippen molar-refractivity contribution in [2.75, 3.05) is 13.2 Å². The number of aryl methyl sites for hydroxylation is 2. The van der Waals surface area contributed by atoms with E-state index in [2.05, 4.69) is 5.10 Å². The number of aliphatic hydroxyl groups excluding tert-OH is 1. The molecule has 21 heavy (non-hydrogen) atoms. The Kier molecular flexibility index (Phi) is 4.85. The summed E-state index contributed by atoms with van der Waals surface area (Å²) in [7, 11) is 1.82. The highest BCUT2D eigenvalue weighted by Crippen LogP contribution is 2.32. The van der Waals surface area contributed by atoms with Crippen LogP contribution >= 0.6 is 0 Å². The fourth-order valence-electron chi connectivity index (χ4n) is 2.30. The molecule has 0 aliphatic heterocycles. The first-order valence-electron chi connectivity index (χ1n) is 7.15. The Balaban J connectivity index is 2.35. The van der Waals surface area contributed by atoms with Crippen molar-refractivity contribution in [2.24, 2.45) is 7.05 Å². The molecule has 1 unspecified atom stereocenters. The smallest absolute Gasteiger partial charge is 0.161 e. The molecule has 0 bridgehead atoms. The quantitative estimate of drug-likeness (QED) is 0.888. The minimum absolute atomic E-state index is 0.546. The van der Waals surface area contributed by atoms with E-state index in [0.717, 1.165) is 17.0 Å². The molecule has 0 spiro atoms. The van der Waals surface area contributed by atoms with E-state index in [1.54, 1.807) is 4.68 Å². The molecule has 0 aliphatic carbocycles. The lowest BCUT2D eigenvalue weighted by molar-refractivity contribution is 0.208. The molecule has 1 N–H and O–H groups in total. The fraction of sp³-hybridized carbons (Fsp3) is 0.438. The second kappa shape index (κ2) is 6.63. The Morgan fingerprint density at radius 2 is 1.81 bits per heavy atom. The molecular weight excluding hydrogens is 268 g/mol. The molecule has 1 aromatic carbocycles. The van der Waals surface area contributed by atoms with Crippen molar-refractivity contribution in [1.82, 2.24) is 9.78 Å². The third-order valence-electron chi connectivity index (χ3n) is 3.20. The van der Waals surface area contributed by atoms with Crippen molar-refractivity contribution in [3.05, 3.63) is 41.2 Å². The molecule has 1 atom stereocenters. The summed E-state index contributed by atoms with van der Waals surface area (Å²) in [4.78, 5) is 0. The van der Waals surface area contributed by atoms with Crippen molar-refractivity contribution >= 4 is 0 Å². The predicted octanol–water partition coefficient (Wildman–Crippen LogP) is 2.61. The number of benzene rings is 1. The summed E-state index contributed by atoms with van der Waals surface area (Å²) in [6.45, 7) is 6.87. The Morgan fingerprint density at radius 3 is 2.38 bits per heavy atom. The summed E-state index contributed by atoms with van der Waals surface area (Å²) >= 11 is 0. The van der Waals surface area contributed by atoms with Crippen LogP contribution in [-0.2, 0) is 7.05 Å². The van der Waals surface area contributed by atoms with Gasteiger partial charge in [0, 0.05) is 7.05 Å². The highest BCUT2D eigenvalue weighted by molar-refractivity contribution is 5.45. The maximum absolute atomic E-state index is 10.5. The standard InChI is InChI=1S/C16H22N2O3/c1-5-20-14-8-7-12(10-15(14)21-6-2)16(19)13-9-11(3)17-18(13)4/h7-10,16,19H,5-6H2,1-4H3. The van der Waals surface area contributed by atoms with E-state index in [1.165, 1.54) is 0 Å². The van der Waals surface area contributed by atoms with Crippen LogP contribution in [0.3, 0.4) is 0 Å². The van der Waals surface area contributed by atoms with E-state index in [0.29, 0.717) is 24.7 Å². The Morgan fingerprint density at radius 1 is 1.14 bits per heavy atom. The van der Waals surface area contributed by atoms with Gasteiger partial charge < -0.3 is 14.6 Å². The molecular formula is C16H22N2O3. The lowest BCUT2D eigenvalue weighted by Crippen LogP contribution is -2.07. The minimum atomic E-state index is -0.744. The summed E-state index contributed by atoms with van der Waals surface area (Å²) in [5.41, 5.74) is 2.38. The average Bonchev–Trinajstić information content (AvgIpc) is 2.79. The third kappa shape index (κ3) is 3.36. The largest absolute Gasteiger partial charge is 0.490 e. The van der Waals surface area contributed by atoms with Crippen LogP contribution in [0, 0.1) is 6.92 Å². The van der Waals surface area contributed by atoms with Crippen molar-refractivity contribution < 1.29 is 14.6 Å². The predicted molar refractivity (Wildman–Crippen MR) is 80.8 cm³/mol. The highest BCUT2D eigenvalue weighted by atomic mass is 16.5. The summed E-state index contributed by atoms with van der Waals surface area (Å²) in [6, 6.07) is 7.37. The van der Waals surface area contributed by atoms with Gasteiger partial charge in [-0.25, -0.2) is 0 Å². The van der Waals surface area contributed by atoms with E-state index in [4.69, 9.17) is 9.47 Å². The van der Waals surface area contributed by atoms with E-state index < -0.39 is 6.10 Å². The van der Waals surface area contributed by atoms with E-state index in [-0.39, 0.29) is 0 Å². The van der Waals surface area contributed by atoms with Crippen LogP contribution in [0.15, 0.2) is 24.3 Å². The Labute approximate surface area is 125 Å². The first kappa shape index (κ1) is 15.4. The van der Waals surface area contributed by atoms with Gasteiger partial charge in [0.25, 0.3) is 0 Å². The third-order valence-corrected chi connectivity index (χ3v) is 3.20. The van der Waals surface area contributed by atoms with Gasteiger partial charge in [-0.1, -0.05) is 6.07 Å². The SMILES string of the molecule is CCOc1ccc(C(O)c2cc(C)nn2C)cc1OCC. The van der Waals surface area contributed by atoms with Gasteiger partial charge in [-0.15, -0.1) is 0 Å². The van der Waals surface area contributed by atoms with Crippen LogP contribution in [-0.4, -0.2) is 28.1 Å². The maximum Gasteiger partial charge on any atom is 0.161 e. The number of aromatic nitrogens is 2. The van der Waals surface area contributed by atoms with Crippen molar-refractivity contribution in [2.45, 2.75) is 26.9 Å². The first-order valence-corrected chi connectivity index (χ1v) is 7.15. The van der Waals surface area contributed by atoms with Crippen molar-refractivity contribution in [3.63, 3.8) is 0 Å². The van der Waals surface area contributed by atoms with Crippen LogP contribution in [0.1, 0.15) is 36.9 Å². The van der Waals surface area contributed by atoms with Crippen molar-refractivity contribution in [1.29, 1.82) is 0 Å². The van der Waals surface area contributed by atoms with Crippen molar-refractivity contribution in [3.8, 4) is 11.5 Å². The number of nitrogens with zero attached hydrogens (tertiary/aromatic N) is 2. The Bertz CT molecular complexity index is 608. The second-order valence-electron chi connectivity index (χ2n) is 4.81. The van der Waals surface area contributed by atoms with Crippen LogP contribution in [0.4, 0.5) is 0 Å². The van der Waals surface area contributed by atoms with Crippen LogP contribution in [0.2, 0.25) is 0 Å². The molecule has 0 fully saturated rings. The second-order valence-corrected chi connectivity index (χ2v) is 4.81.